The van der Waals surface area contributed by atoms with Gasteiger partial charge in [0.2, 0.25) is 11.7 Å². The number of methoxy groups -OCH3 is 2. The van der Waals surface area contributed by atoms with Crippen molar-refractivity contribution in [3.63, 3.8) is 0 Å². The quantitative estimate of drug-likeness (QED) is 0.488. The van der Waals surface area contributed by atoms with Gasteiger partial charge in [0, 0.05) is 10.6 Å². The topological polar surface area (TPSA) is 78.6 Å². The summed E-state index contributed by atoms with van der Waals surface area (Å²) in [6, 6.07) is 8.98. The van der Waals surface area contributed by atoms with Gasteiger partial charge in [0.1, 0.15) is 0 Å². The van der Waals surface area contributed by atoms with Crippen LogP contribution in [0.4, 0.5) is 5.69 Å². The zero-order chi connectivity index (χ0) is 20.1. The van der Waals surface area contributed by atoms with E-state index in [2.05, 4.69) is 31.4 Å². The van der Waals surface area contributed by atoms with Crippen molar-refractivity contribution in [2.75, 3.05) is 26.1 Å². The Labute approximate surface area is 176 Å². The number of halogens is 2. The highest BCUT2D eigenvalue weighted by atomic mass is 79.9. The third-order valence-electron chi connectivity index (χ3n) is 3.84. The summed E-state index contributed by atoms with van der Waals surface area (Å²) in [5.41, 5.74) is 1.49. The van der Waals surface area contributed by atoms with Crippen LogP contribution in [0, 0.1) is 0 Å². The molecule has 0 unspecified atom stereocenters. The van der Waals surface area contributed by atoms with Crippen molar-refractivity contribution in [2.45, 2.75) is 13.5 Å². The molecule has 2 aromatic carbocycles. The van der Waals surface area contributed by atoms with E-state index < -0.39 is 0 Å². The van der Waals surface area contributed by atoms with Crippen LogP contribution in [0.3, 0.4) is 0 Å². The van der Waals surface area contributed by atoms with Gasteiger partial charge in [-0.05, 0) is 53.2 Å². The Kier molecular flexibility index (Phi) is 6.64. The Hall–Kier alpha value is -2.45. The molecule has 0 spiro atoms. The monoisotopic (exact) mass is 467 g/mol. The molecule has 9 heteroatoms. The molecule has 0 amide bonds. The van der Waals surface area contributed by atoms with Gasteiger partial charge in [0.05, 0.1) is 37.5 Å². The molecular formula is C19H19BrClN3O4. The Morgan fingerprint density at radius 3 is 2.64 bits per heavy atom. The Morgan fingerprint density at radius 1 is 1.14 bits per heavy atom. The largest absolute Gasteiger partial charge is 0.493 e. The van der Waals surface area contributed by atoms with Crippen LogP contribution in [0.2, 0.25) is 5.02 Å². The Balaban J connectivity index is 1.77. The Bertz CT molecular complexity index is 964. The van der Waals surface area contributed by atoms with Gasteiger partial charge in [-0.1, -0.05) is 16.8 Å². The molecule has 28 heavy (non-hydrogen) atoms. The standard InChI is InChI=1S/C19H19BrClN3O4/c1-4-27-18-13(20)8-12(21)9-14(18)22-10-17-23-19(24-28-17)11-5-6-15(25-2)16(7-11)26-3/h5-9,22H,4,10H2,1-3H3. The number of hydrogen-bond donors (Lipinski definition) is 1. The van der Waals surface area contributed by atoms with Crippen molar-refractivity contribution in [2.24, 2.45) is 0 Å². The summed E-state index contributed by atoms with van der Waals surface area (Å²) in [4.78, 5) is 4.42. The molecule has 0 bridgehead atoms. The third kappa shape index (κ3) is 4.51. The molecule has 3 aromatic rings. The lowest BCUT2D eigenvalue weighted by Crippen LogP contribution is -2.03. The molecular weight excluding hydrogens is 450 g/mol. The lowest BCUT2D eigenvalue weighted by atomic mass is 10.2. The number of nitrogens with one attached hydrogen (secondary N) is 1. The van der Waals surface area contributed by atoms with Gasteiger partial charge in [-0.3, -0.25) is 0 Å². The van der Waals surface area contributed by atoms with Crippen LogP contribution in [0.25, 0.3) is 11.4 Å². The Morgan fingerprint density at radius 2 is 1.93 bits per heavy atom. The number of nitrogens with zero attached hydrogens (tertiary/aromatic N) is 2. The maximum absolute atomic E-state index is 6.14. The molecule has 7 nitrogen and oxygen atoms in total. The van der Waals surface area contributed by atoms with E-state index in [9.17, 15) is 0 Å². The maximum Gasteiger partial charge on any atom is 0.246 e. The number of rotatable bonds is 8. The first-order chi connectivity index (χ1) is 13.5. The molecule has 0 saturated heterocycles. The summed E-state index contributed by atoms with van der Waals surface area (Å²) in [5, 5.41) is 7.83. The second kappa shape index (κ2) is 9.16. The number of ether oxygens (including phenoxy) is 3. The van der Waals surface area contributed by atoms with Gasteiger partial charge >= 0.3 is 0 Å². The van der Waals surface area contributed by atoms with Crippen molar-refractivity contribution < 1.29 is 18.7 Å². The predicted molar refractivity (Wildman–Crippen MR) is 110 cm³/mol. The summed E-state index contributed by atoms with van der Waals surface area (Å²) in [6.45, 7) is 2.75. The van der Waals surface area contributed by atoms with E-state index in [4.69, 9.17) is 30.3 Å². The highest BCUT2D eigenvalue weighted by molar-refractivity contribution is 9.10. The minimum absolute atomic E-state index is 0.313. The van der Waals surface area contributed by atoms with Gasteiger partial charge in [-0.25, -0.2) is 0 Å². The lowest BCUT2D eigenvalue weighted by Gasteiger charge is -2.13. The molecule has 0 aliphatic heterocycles. The molecule has 1 aromatic heterocycles. The van der Waals surface area contributed by atoms with Gasteiger partial charge < -0.3 is 24.1 Å². The van der Waals surface area contributed by atoms with E-state index in [0.717, 1.165) is 15.7 Å². The first kappa shape index (κ1) is 20.3. The molecule has 0 saturated carbocycles. The van der Waals surface area contributed by atoms with Crippen LogP contribution in [0.15, 0.2) is 39.3 Å². The molecule has 0 aliphatic carbocycles. The normalized spacial score (nSPS) is 10.6. The van der Waals surface area contributed by atoms with Gasteiger partial charge in [-0.15, -0.1) is 0 Å². The summed E-state index contributed by atoms with van der Waals surface area (Å²) in [7, 11) is 3.16. The van der Waals surface area contributed by atoms with E-state index >= 15 is 0 Å². The van der Waals surface area contributed by atoms with Crippen LogP contribution in [-0.2, 0) is 6.54 Å². The maximum atomic E-state index is 6.14. The molecule has 0 fully saturated rings. The fourth-order valence-electron chi connectivity index (χ4n) is 2.57. The minimum atomic E-state index is 0.313. The first-order valence-electron chi connectivity index (χ1n) is 8.46. The molecule has 0 aliphatic rings. The smallest absolute Gasteiger partial charge is 0.246 e. The van der Waals surface area contributed by atoms with Crippen LogP contribution < -0.4 is 19.5 Å². The van der Waals surface area contributed by atoms with E-state index in [1.54, 1.807) is 38.5 Å². The van der Waals surface area contributed by atoms with Gasteiger partial charge in [-0.2, -0.15) is 4.98 Å². The zero-order valence-electron chi connectivity index (χ0n) is 15.6. The van der Waals surface area contributed by atoms with Crippen LogP contribution >= 0.6 is 27.5 Å². The number of benzene rings is 2. The second-order valence-electron chi connectivity index (χ2n) is 5.63. The van der Waals surface area contributed by atoms with Crippen LogP contribution in [0.5, 0.6) is 17.2 Å². The van der Waals surface area contributed by atoms with Crippen molar-refractivity contribution >= 4 is 33.2 Å². The fraction of sp³-hybridized carbons (Fsp3) is 0.263. The van der Waals surface area contributed by atoms with E-state index in [1.165, 1.54) is 0 Å². The molecule has 1 N–H and O–H groups in total. The molecule has 0 atom stereocenters. The number of hydrogen-bond acceptors (Lipinski definition) is 7. The van der Waals surface area contributed by atoms with E-state index in [1.807, 2.05) is 13.0 Å². The molecule has 3 rings (SSSR count). The minimum Gasteiger partial charge on any atom is -0.493 e. The zero-order valence-corrected chi connectivity index (χ0v) is 17.9. The molecule has 148 valence electrons. The van der Waals surface area contributed by atoms with Gasteiger partial charge in [0.15, 0.2) is 17.2 Å². The average Bonchev–Trinajstić information content (AvgIpc) is 3.17. The fourth-order valence-corrected chi connectivity index (χ4v) is 3.50. The number of anilines is 1. The van der Waals surface area contributed by atoms with Crippen molar-refractivity contribution in [3.8, 4) is 28.6 Å². The summed E-state index contributed by atoms with van der Waals surface area (Å²) in [6.07, 6.45) is 0. The second-order valence-corrected chi connectivity index (χ2v) is 6.92. The third-order valence-corrected chi connectivity index (χ3v) is 4.64. The van der Waals surface area contributed by atoms with Crippen molar-refractivity contribution in [1.82, 2.24) is 10.1 Å². The highest BCUT2D eigenvalue weighted by Crippen LogP contribution is 2.37. The van der Waals surface area contributed by atoms with Crippen LogP contribution in [0.1, 0.15) is 12.8 Å². The van der Waals surface area contributed by atoms with Crippen molar-refractivity contribution in [1.29, 1.82) is 0 Å². The SMILES string of the molecule is CCOc1c(Br)cc(Cl)cc1NCc1nc(-c2ccc(OC)c(OC)c2)no1. The molecule has 0 radical (unpaired) electrons. The average molecular weight is 469 g/mol. The summed E-state index contributed by atoms with van der Waals surface area (Å²) >= 11 is 9.60. The summed E-state index contributed by atoms with van der Waals surface area (Å²) < 4.78 is 22.3. The van der Waals surface area contributed by atoms with Crippen LogP contribution in [-0.4, -0.2) is 31.0 Å². The predicted octanol–water partition coefficient (Wildman–Crippen LogP) is 5.18. The van der Waals surface area contributed by atoms with Crippen molar-refractivity contribution in [3.05, 3.63) is 45.7 Å². The lowest BCUT2D eigenvalue weighted by molar-refractivity contribution is 0.339. The highest BCUT2D eigenvalue weighted by Gasteiger charge is 2.14. The van der Waals surface area contributed by atoms with Gasteiger partial charge in [0.25, 0.3) is 0 Å². The van der Waals surface area contributed by atoms with E-state index in [0.29, 0.717) is 47.1 Å². The van der Waals surface area contributed by atoms with E-state index in [-0.39, 0.29) is 0 Å². The number of aromatic nitrogens is 2. The first-order valence-corrected chi connectivity index (χ1v) is 9.63. The molecule has 1 heterocycles. The summed E-state index contributed by atoms with van der Waals surface area (Å²) in [5.74, 6) is 2.77.